The number of hydrogen-bond donors (Lipinski definition) is 3. The van der Waals surface area contributed by atoms with Crippen LogP contribution in [0.15, 0.2) is 24.3 Å². The maximum atomic E-state index is 12.5. The second-order valence-corrected chi connectivity index (χ2v) is 7.13. The monoisotopic (exact) mass is 402 g/mol. The predicted molar refractivity (Wildman–Crippen MR) is 100 cm³/mol. The molecule has 0 bridgehead atoms. The van der Waals surface area contributed by atoms with Gasteiger partial charge in [0.2, 0.25) is 0 Å². The van der Waals surface area contributed by atoms with Crippen LogP contribution in [0.1, 0.15) is 33.3 Å². The van der Waals surface area contributed by atoms with E-state index in [2.05, 4.69) is 11.4 Å². The van der Waals surface area contributed by atoms with E-state index in [4.69, 9.17) is 9.94 Å². The van der Waals surface area contributed by atoms with E-state index in [0.717, 1.165) is 10.4 Å². The van der Waals surface area contributed by atoms with Gasteiger partial charge in [-0.25, -0.2) is 10.0 Å². The van der Waals surface area contributed by atoms with Crippen LogP contribution in [-0.4, -0.2) is 35.3 Å². The van der Waals surface area contributed by atoms with Crippen molar-refractivity contribution in [2.45, 2.75) is 19.9 Å². The standard InChI is InChI=1S/C18H18N4O5S/c1-2-27-18(24)21-8-7-13-14(9-19)17(28-15(13)10-21)20-16(23)11-3-5-12(6-4-11)22(25)26/h3-6,22,25H,2,7-8,10H2,1H3,(H,20,23). The first-order chi connectivity index (χ1) is 13.4. The molecule has 1 aliphatic heterocycles. The van der Waals surface area contributed by atoms with Crippen molar-refractivity contribution in [3.63, 3.8) is 0 Å². The van der Waals surface area contributed by atoms with Gasteiger partial charge in [0.05, 0.1) is 18.7 Å². The minimum Gasteiger partial charge on any atom is -0.595 e. The Bertz CT molecular complexity index is 933. The number of benzene rings is 1. The minimum absolute atomic E-state index is 0.0832. The van der Waals surface area contributed by atoms with Crippen molar-refractivity contribution < 1.29 is 24.8 Å². The number of amides is 2. The lowest BCUT2D eigenvalue weighted by Crippen LogP contribution is -2.99. The summed E-state index contributed by atoms with van der Waals surface area (Å²) >= 11 is 1.26. The number of rotatable bonds is 4. The van der Waals surface area contributed by atoms with E-state index in [-0.39, 0.29) is 17.9 Å². The molecule has 1 aromatic carbocycles. The third-order valence-electron chi connectivity index (χ3n) is 4.32. The van der Waals surface area contributed by atoms with Crippen molar-refractivity contribution >= 4 is 34.0 Å². The molecule has 2 heterocycles. The number of nitrogens with one attached hydrogen (secondary N) is 2. The lowest BCUT2D eigenvalue weighted by atomic mass is 10.0. The summed E-state index contributed by atoms with van der Waals surface area (Å²) in [6, 6.07) is 7.66. The fraction of sp³-hybridized carbons (Fsp3) is 0.278. The molecule has 2 aromatic rings. The Kier molecular flexibility index (Phi) is 5.91. The molecular formula is C18H18N4O5S. The third-order valence-corrected chi connectivity index (χ3v) is 5.45. The van der Waals surface area contributed by atoms with Crippen LogP contribution in [0.4, 0.5) is 15.5 Å². The average molecular weight is 402 g/mol. The molecular weight excluding hydrogens is 384 g/mol. The second kappa shape index (κ2) is 8.37. The molecule has 3 rings (SSSR count). The van der Waals surface area contributed by atoms with Crippen molar-refractivity contribution in [2.24, 2.45) is 0 Å². The summed E-state index contributed by atoms with van der Waals surface area (Å²) in [7, 11) is 0. The van der Waals surface area contributed by atoms with E-state index in [0.29, 0.717) is 30.1 Å². The van der Waals surface area contributed by atoms with Crippen molar-refractivity contribution in [1.82, 2.24) is 4.90 Å². The highest BCUT2D eigenvalue weighted by Gasteiger charge is 2.28. The number of quaternary nitrogens is 1. The van der Waals surface area contributed by atoms with Crippen molar-refractivity contribution in [2.75, 3.05) is 18.5 Å². The Labute approximate surface area is 164 Å². The van der Waals surface area contributed by atoms with Crippen LogP contribution < -0.4 is 10.5 Å². The highest BCUT2D eigenvalue weighted by atomic mass is 32.1. The zero-order valence-corrected chi connectivity index (χ0v) is 15.8. The quantitative estimate of drug-likeness (QED) is 0.669. The van der Waals surface area contributed by atoms with Gasteiger partial charge >= 0.3 is 6.09 Å². The zero-order valence-electron chi connectivity index (χ0n) is 15.0. The van der Waals surface area contributed by atoms with Gasteiger partial charge < -0.3 is 20.2 Å². The predicted octanol–water partition coefficient (Wildman–Crippen LogP) is 1.79. The Morgan fingerprint density at radius 2 is 2.14 bits per heavy atom. The van der Waals surface area contributed by atoms with Crippen LogP contribution in [0.5, 0.6) is 0 Å². The van der Waals surface area contributed by atoms with Crippen molar-refractivity contribution in [3.05, 3.63) is 51.0 Å². The Balaban J connectivity index is 1.79. The summed E-state index contributed by atoms with van der Waals surface area (Å²) < 4.78 is 5.02. The summed E-state index contributed by atoms with van der Waals surface area (Å²) in [4.78, 5) is 26.8. The van der Waals surface area contributed by atoms with Gasteiger partial charge in [-0.3, -0.25) is 4.79 Å². The summed E-state index contributed by atoms with van der Waals surface area (Å²) in [6.07, 6.45) is 0.112. The number of thiophene rings is 1. The van der Waals surface area contributed by atoms with Crippen LogP contribution in [0.2, 0.25) is 0 Å². The highest BCUT2D eigenvalue weighted by Crippen LogP contribution is 2.37. The van der Waals surface area contributed by atoms with E-state index >= 15 is 0 Å². The molecule has 1 aromatic heterocycles. The fourth-order valence-corrected chi connectivity index (χ4v) is 4.13. The SMILES string of the molecule is CCOC(=O)N1CCc2c(sc(NC(=O)c3ccc([NH+]([O-])O)cc3)c2C#N)C1. The third kappa shape index (κ3) is 3.97. The normalized spacial score (nSPS) is 14.0. The maximum Gasteiger partial charge on any atom is 0.410 e. The van der Waals surface area contributed by atoms with Crippen LogP contribution in [0.3, 0.4) is 0 Å². The van der Waals surface area contributed by atoms with Gasteiger partial charge in [-0.1, -0.05) is 0 Å². The molecule has 0 aliphatic carbocycles. The number of anilines is 1. The summed E-state index contributed by atoms with van der Waals surface area (Å²) in [6.45, 7) is 2.80. The molecule has 0 fully saturated rings. The Morgan fingerprint density at radius 1 is 1.43 bits per heavy atom. The lowest BCUT2D eigenvalue weighted by Gasteiger charge is -2.25. The largest absolute Gasteiger partial charge is 0.595 e. The summed E-state index contributed by atoms with van der Waals surface area (Å²) in [5.41, 5.74) is 1.61. The van der Waals surface area contributed by atoms with Crippen LogP contribution in [0, 0.1) is 16.5 Å². The smallest absolute Gasteiger partial charge is 0.410 e. The summed E-state index contributed by atoms with van der Waals surface area (Å²) in [5.74, 6) is -0.436. The van der Waals surface area contributed by atoms with Gasteiger partial charge in [-0.15, -0.1) is 11.3 Å². The second-order valence-electron chi connectivity index (χ2n) is 6.03. The highest BCUT2D eigenvalue weighted by molar-refractivity contribution is 7.16. The zero-order chi connectivity index (χ0) is 20.3. The van der Waals surface area contributed by atoms with Crippen molar-refractivity contribution in [3.8, 4) is 6.07 Å². The molecule has 1 unspecified atom stereocenters. The minimum atomic E-state index is -1.07. The number of ether oxygens (including phenoxy) is 1. The molecule has 2 amide bonds. The van der Waals surface area contributed by atoms with Crippen LogP contribution >= 0.6 is 11.3 Å². The number of nitriles is 1. The average Bonchev–Trinajstić information content (AvgIpc) is 3.04. The van der Waals surface area contributed by atoms with Gasteiger partial charge in [0.25, 0.3) is 5.91 Å². The van der Waals surface area contributed by atoms with Gasteiger partial charge in [-0.2, -0.15) is 10.5 Å². The molecule has 0 spiro atoms. The van der Waals surface area contributed by atoms with Gasteiger partial charge in [0.1, 0.15) is 11.1 Å². The topological polar surface area (TPSA) is 130 Å². The lowest BCUT2D eigenvalue weighted by molar-refractivity contribution is -0.991. The number of fused-ring (bicyclic) bond motifs is 1. The molecule has 0 radical (unpaired) electrons. The first-order valence-corrected chi connectivity index (χ1v) is 9.37. The van der Waals surface area contributed by atoms with E-state index in [1.54, 1.807) is 11.8 Å². The molecule has 10 heteroatoms. The molecule has 9 nitrogen and oxygen atoms in total. The Morgan fingerprint density at radius 3 is 2.75 bits per heavy atom. The first-order valence-electron chi connectivity index (χ1n) is 8.55. The first kappa shape index (κ1) is 19.8. The van der Waals surface area contributed by atoms with Crippen molar-refractivity contribution in [1.29, 1.82) is 5.26 Å². The van der Waals surface area contributed by atoms with Crippen LogP contribution in [0.25, 0.3) is 0 Å². The van der Waals surface area contributed by atoms with E-state index in [1.165, 1.54) is 35.6 Å². The fourth-order valence-electron chi connectivity index (χ4n) is 2.92. The van der Waals surface area contributed by atoms with E-state index < -0.39 is 17.2 Å². The van der Waals surface area contributed by atoms with Gasteiger partial charge in [0.15, 0.2) is 5.69 Å². The van der Waals surface area contributed by atoms with Gasteiger partial charge in [-0.05, 0) is 31.0 Å². The number of hydrogen-bond acceptors (Lipinski definition) is 7. The molecule has 1 atom stereocenters. The number of nitrogens with zero attached hydrogens (tertiary/aromatic N) is 2. The molecule has 1 aliphatic rings. The summed E-state index contributed by atoms with van der Waals surface area (Å²) in [5, 5.41) is 31.5. The molecule has 28 heavy (non-hydrogen) atoms. The van der Waals surface area contributed by atoms with Gasteiger partial charge in [0, 0.05) is 29.1 Å². The molecule has 146 valence electrons. The van der Waals surface area contributed by atoms with E-state index in [9.17, 15) is 20.1 Å². The molecule has 0 saturated carbocycles. The Hall–Kier alpha value is -2.97. The number of carbonyl (C=O) groups excluding carboxylic acids is 2. The molecule has 0 saturated heterocycles. The van der Waals surface area contributed by atoms with Crippen LogP contribution in [-0.2, 0) is 17.7 Å². The number of carbonyl (C=O) groups is 2. The van der Waals surface area contributed by atoms with E-state index in [1.807, 2.05) is 0 Å². The maximum absolute atomic E-state index is 12.5. The molecule has 3 N–H and O–H groups in total.